The van der Waals surface area contributed by atoms with Crippen molar-refractivity contribution in [3.05, 3.63) is 174 Å². The Labute approximate surface area is 323 Å². The van der Waals surface area contributed by atoms with Crippen LogP contribution in [-0.4, -0.2) is 0 Å². The Morgan fingerprint density at radius 2 is 1.13 bits per heavy atom. The molecule has 0 N–H and O–H groups in total. The zero-order valence-electron chi connectivity index (χ0n) is 31.6. The Bertz CT molecular complexity index is 2810. The molecule has 4 fully saturated rings. The Hall–Kier alpha value is -5.60. The lowest BCUT2D eigenvalue weighted by molar-refractivity contribution is -0.0443. The molecular weight excluding hydrogens is 667 g/mol. The molecule has 0 amide bonds. The highest BCUT2D eigenvalue weighted by atomic mass is 16.3. The minimum atomic E-state index is -0.0800. The maximum Gasteiger partial charge on any atom is 0.143 e. The maximum atomic E-state index is 6.56. The zero-order chi connectivity index (χ0) is 36.5. The third kappa shape index (κ3) is 4.43. The lowest BCUT2D eigenvalue weighted by Gasteiger charge is -2.64. The number of rotatable bonds is 4. The fourth-order valence-electron chi connectivity index (χ4n) is 12.6. The van der Waals surface area contributed by atoms with Crippen molar-refractivity contribution in [1.29, 1.82) is 0 Å². The first-order chi connectivity index (χ1) is 27.0. The van der Waals surface area contributed by atoms with E-state index in [0.29, 0.717) is 11.8 Å². The van der Waals surface area contributed by atoms with Crippen molar-refractivity contribution < 1.29 is 4.42 Å². The van der Waals surface area contributed by atoms with Gasteiger partial charge in [-0.25, -0.2) is 0 Å². The van der Waals surface area contributed by atoms with Crippen molar-refractivity contribution in [3.8, 4) is 11.1 Å². The van der Waals surface area contributed by atoms with E-state index in [-0.39, 0.29) is 10.8 Å². The van der Waals surface area contributed by atoms with Crippen LogP contribution in [0.4, 0.5) is 17.1 Å². The van der Waals surface area contributed by atoms with Crippen molar-refractivity contribution in [3.63, 3.8) is 0 Å². The molecular formula is C53H45NO. The molecule has 4 bridgehead atoms. The number of benzene rings is 7. The van der Waals surface area contributed by atoms with Crippen molar-refractivity contribution in [2.45, 2.75) is 56.8 Å². The summed E-state index contributed by atoms with van der Waals surface area (Å²) in [7, 11) is 0. The van der Waals surface area contributed by atoms with Gasteiger partial charge in [-0.05, 0) is 137 Å². The van der Waals surface area contributed by atoms with E-state index < -0.39 is 0 Å². The third-order valence-corrected chi connectivity index (χ3v) is 14.7. The van der Waals surface area contributed by atoms with Crippen LogP contribution in [0.1, 0.15) is 68.2 Å². The monoisotopic (exact) mass is 711 g/mol. The number of furan rings is 1. The molecule has 5 aliphatic rings. The molecule has 1 spiro atoms. The van der Waals surface area contributed by atoms with Gasteiger partial charge in [0.15, 0.2) is 0 Å². The van der Waals surface area contributed by atoms with Gasteiger partial charge in [-0.3, -0.25) is 0 Å². The molecule has 13 rings (SSSR count). The number of fused-ring (bicyclic) bond motifs is 6. The topological polar surface area (TPSA) is 16.4 Å². The summed E-state index contributed by atoms with van der Waals surface area (Å²) in [5.74, 6) is 3.18. The van der Waals surface area contributed by atoms with E-state index in [9.17, 15) is 0 Å². The second-order valence-electron chi connectivity index (χ2n) is 17.8. The highest BCUT2D eigenvalue weighted by Crippen LogP contribution is 2.69. The first-order valence-corrected chi connectivity index (χ1v) is 20.5. The van der Waals surface area contributed by atoms with Crippen LogP contribution in [0.2, 0.25) is 0 Å². The van der Waals surface area contributed by atoms with Crippen LogP contribution in [0.15, 0.2) is 156 Å². The van der Waals surface area contributed by atoms with Crippen molar-refractivity contribution in [2.75, 3.05) is 4.90 Å². The van der Waals surface area contributed by atoms with Gasteiger partial charge in [0.05, 0.1) is 0 Å². The summed E-state index contributed by atoms with van der Waals surface area (Å²) >= 11 is 0. The fourth-order valence-corrected chi connectivity index (χ4v) is 12.6. The summed E-state index contributed by atoms with van der Waals surface area (Å²) in [6, 6.07) is 56.9. The molecule has 0 radical (unpaired) electrons. The smallest absolute Gasteiger partial charge is 0.143 e. The average molecular weight is 712 g/mol. The average Bonchev–Trinajstić information content (AvgIpc) is 3.60. The van der Waals surface area contributed by atoms with Crippen LogP contribution >= 0.6 is 0 Å². The van der Waals surface area contributed by atoms with E-state index in [1.165, 1.54) is 59.8 Å². The lowest BCUT2D eigenvalue weighted by Crippen LogP contribution is -2.58. The molecule has 0 aliphatic heterocycles. The standard InChI is InChI=1S/C53H45NO/c1-52(2)46-18-6-7-19-48(46)53(38-26-33-25-34(28-38)29-39(53)27-33)49-32-42(23-24-47(49)52)54(41-22-21-35-11-3-4-12-36(35)30-41)40-14-9-13-37(31-40)43-16-10-17-45-44-15-5-8-20-50(44)55-51(43)45/h3-24,30-34,38-39H,25-29H2,1-2H3. The summed E-state index contributed by atoms with van der Waals surface area (Å²) in [5, 5.41) is 4.82. The molecule has 2 heteroatoms. The fraction of sp³-hybridized carbons (Fsp3) is 0.245. The summed E-state index contributed by atoms with van der Waals surface area (Å²) in [6.45, 7) is 4.94. The Balaban J connectivity index is 1.09. The molecule has 0 saturated heterocycles. The van der Waals surface area contributed by atoms with Gasteiger partial charge in [0.25, 0.3) is 0 Å². The molecule has 2 nitrogen and oxygen atoms in total. The van der Waals surface area contributed by atoms with E-state index in [1.807, 2.05) is 0 Å². The third-order valence-electron chi connectivity index (χ3n) is 14.7. The van der Waals surface area contributed by atoms with Gasteiger partial charge in [0.1, 0.15) is 11.2 Å². The second kappa shape index (κ2) is 11.5. The number of para-hydroxylation sites is 2. The van der Waals surface area contributed by atoms with Gasteiger partial charge in [-0.2, -0.15) is 0 Å². The molecule has 1 aromatic heterocycles. The summed E-state index contributed by atoms with van der Waals surface area (Å²) < 4.78 is 6.56. The van der Waals surface area contributed by atoms with Gasteiger partial charge >= 0.3 is 0 Å². The molecule has 0 unspecified atom stereocenters. The zero-order valence-corrected chi connectivity index (χ0v) is 31.6. The Morgan fingerprint density at radius 1 is 0.491 bits per heavy atom. The van der Waals surface area contributed by atoms with E-state index in [1.54, 1.807) is 16.7 Å². The Kier molecular flexibility index (Phi) is 6.61. The first kappa shape index (κ1) is 31.7. The van der Waals surface area contributed by atoms with Crippen LogP contribution in [0.25, 0.3) is 43.8 Å². The molecule has 4 saturated carbocycles. The van der Waals surface area contributed by atoms with Gasteiger partial charge in [-0.15, -0.1) is 0 Å². The largest absolute Gasteiger partial charge is 0.455 e. The molecule has 7 aromatic carbocycles. The van der Waals surface area contributed by atoms with Gasteiger partial charge in [-0.1, -0.05) is 123 Å². The molecule has 5 aliphatic carbocycles. The number of nitrogens with zero attached hydrogens (tertiary/aromatic N) is 1. The molecule has 55 heavy (non-hydrogen) atoms. The van der Waals surface area contributed by atoms with Crippen molar-refractivity contribution in [2.24, 2.45) is 23.7 Å². The number of hydrogen-bond donors (Lipinski definition) is 0. The predicted molar refractivity (Wildman–Crippen MR) is 228 cm³/mol. The van der Waals surface area contributed by atoms with Crippen molar-refractivity contribution in [1.82, 2.24) is 0 Å². The van der Waals surface area contributed by atoms with E-state index in [4.69, 9.17) is 4.42 Å². The van der Waals surface area contributed by atoms with Crippen LogP contribution in [-0.2, 0) is 10.8 Å². The molecule has 268 valence electrons. The minimum absolute atomic E-state index is 0.0543. The van der Waals surface area contributed by atoms with E-state index >= 15 is 0 Å². The highest BCUT2D eigenvalue weighted by molar-refractivity contribution is 6.09. The molecule has 0 atom stereocenters. The van der Waals surface area contributed by atoms with E-state index in [2.05, 4.69) is 170 Å². The van der Waals surface area contributed by atoms with Crippen LogP contribution in [0.5, 0.6) is 0 Å². The lowest BCUT2D eigenvalue weighted by atomic mass is 9.39. The maximum absolute atomic E-state index is 6.56. The summed E-state index contributed by atoms with van der Waals surface area (Å²) in [4.78, 5) is 2.52. The quantitative estimate of drug-likeness (QED) is 0.181. The molecule has 8 aromatic rings. The normalized spacial score (nSPS) is 24.4. The first-order valence-electron chi connectivity index (χ1n) is 20.5. The highest BCUT2D eigenvalue weighted by Gasteiger charge is 2.62. The predicted octanol–water partition coefficient (Wildman–Crippen LogP) is 14.3. The minimum Gasteiger partial charge on any atom is -0.455 e. The Morgan fingerprint density at radius 3 is 1.96 bits per heavy atom. The van der Waals surface area contributed by atoms with Crippen LogP contribution in [0.3, 0.4) is 0 Å². The second-order valence-corrected chi connectivity index (χ2v) is 17.8. The number of anilines is 3. The van der Waals surface area contributed by atoms with Crippen molar-refractivity contribution >= 4 is 49.8 Å². The van der Waals surface area contributed by atoms with E-state index in [0.717, 1.165) is 50.6 Å². The van der Waals surface area contributed by atoms with Gasteiger partial charge in [0.2, 0.25) is 0 Å². The summed E-state index contributed by atoms with van der Waals surface area (Å²) in [6.07, 6.45) is 6.94. The number of hydrogen-bond acceptors (Lipinski definition) is 2. The van der Waals surface area contributed by atoms with Gasteiger partial charge in [0, 0.05) is 44.2 Å². The SMILES string of the molecule is CC1(C)c2ccccc2C2(c3cc(N(c4cccc(-c5cccc6c5oc5ccccc56)c4)c4ccc5ccccc5c4)ccc31)C1CC3CC(C1)CC2C3. The van der Waals surface area contributed by atoms with Gasteiger partial charge < -0.3 is 9.32 Å². The van der Waals surface area contributed by atoms with Crippen LogP contribution < -0.4 is 4.90 Å². The summed E-state index contributed by atoms with van der Waals surface area (Å²) in [5.41, 5.74) is 13.9. The molecule has 1 heterocycles. The van der Waals surface area contributed by atoms with Crippen LogP contribution in [0, 0.1) is 23.7 Å².